The summed E-state index contributed by atoms with van der Waals surface area (Å²) in [4.78, 5) is 26.0. The van der Waals surface area contributed by atoms with Crippen molar-refractivity contribution in [2.75, 3.05) is 11.9 Å². The summed E-state index contributed by atoms with van der Waals surface area (Å²) < 4.78 is 5.82. The fraction of sp³-hybridized carbons (Fsp3) is 0.391. The summed E-state index contributed by atoms with van der Waals surface area (Å²) >= 11 is 0. The number of anilines is 1. The van der Waals surface area contributed by atoms with Gasteiger partial charge in [0.1, 0.15) is 0 Å². The topological polar surface area (TPSA) is 58.6 Å². The highest BCUT2D eigenvalue weighted by atomic mass is 16.5. The second-order valence-electron chi connectivity index (χ2n) is 7.50. The maximum Gasteiger partial charge on any atom is 0.227 e. The molecule has 1 heterocycles. The average Bonchev–Trinajstić information content (AvgIpc) is 2.67. The summed E-state index contributed by atoms with van der Waals surface area (Å²) in [5, 5.41) is 2.95. The minimum Gasteiger partial charge on any atom is -0.373 e. The zero-order valence-electron chi connectivity index (χ0n) is 16.8. The minimum absolute atomic E-state index is 0.0557. The van der Waals surface area contributed by atoms with Crippen LogP contribution in [0.4, 0.5) is 5.69 Å². The summed E-state index contributed by atoms with van der Waals surface area (Å²) in [6.45, 7) is 6.79. The highest BCUT2D eigenvalue weighted by molar-refractivity contribution is 5.91. The van der Waals surface area contributed by atoms with Crippen LogP contribution in [-0.4, -0.2) is 29.4 Å². The molecule has 1 aliphatic rings. The second-order valence-corrected chi connectivity index (χ2v) is 7.50. The molecule has 5 nitrogen and oxygen atoms in total. The molecule has 0 spiro atoms. The third kappa shape index (κ3) is 4.98. The fourth-order valence-electron chi connectivity index (χ4n) is 3.57. The number of nitrogens with zero attached hydrogens (tertiary/aromatic N) is 1. The zero-order valence-corrected chi connectivity index (χ0v) is 16.8. The first-order valence-corrected chi connectivity index (χ1v) is 9.79. The van der Waals surface area contributed by atoms with Crippen molar-refractivity contribution in [1.29, 1.82) is 0 Å². The van der Waals surface area contributed by atoms with E-state index < -0.39 is 0 Å². The number of carbonyl (C=O) groups excluding carboxylic acids is 2. The number of nitrogens with one attached hydrogen (secondary N) is 1. The fourth-order valence-corrected chi connectivity index (χ4v) is 3.57. The Labute approximate surface area is 166 Å². The third-order valence-corrected chi connectivity index (χ3v) is 5.08. The van der Waals surface area contributed by atoms with Crippen LogP contribution in [-0.2, 0) is 27.3 Å². The Morgan fingerprint density at radius 2 is 1.86 bits per heavy atom. The van der Waals surface area contributed by atoms with Crippen LogP contribution >= 0.6 is 0 Å². The van der Waals surface area contributed by atoms with Crippen molar-refractivity contribution >= 4 is 17.5 Å². The molecule has 0 saturated heterocycles. The Morgan fingerprint density at radius 3 is 2.54 bits per heavy atom. The van der Waals surface area contributed by atoms with Gasteiger partial charge in [-0.25, -0.2) is 0 Å². The molecule has 2 aromatic rings. The first-order valence-electron chi connectivity index (χ1n) is 9.79. The number of ether oxygens (including phenoxy) is 1. The van der Waals surface area contributed by atoms with Gasteiger partial charge in [0.15, 0.2) is 0 Å². The van der Waals surface area contributed by atoms with E-state index in [4.69, 9.17) is 4.74 Å². The molecule has 1 N–H and O–H groups in total. The summed E-state index contributed by atoms with van der Waals surface area (Å²) in [6, 6.07) is 15.9. The highest BCUT2D eigenvalue weighted by Gasteiger charge is 2.23. The Hall–Kier alpha value is -2.66. The molecule has 28 heavy (non-hydrogen) atoms. The van der Waals surface area contributed by atoms with Crippen molar-refractivity contribution < 1.29 is 14.3 Å². The number of hydrogen-bond acceptors (Lipinski definition) is 3. The Morgan fingerprint density at radius 1 is 1.14 bits per heavy atom. The summed E-state index contributed by atoms with van der Waals surface area (Å²) in [7, 11) is 0. The number of hydrogen-bond donors (Lipinski definition) is 1. The number of amides is 2. The Balaban J connectivity index is 1.59. The van der Waals surface area contributed by atoms with Crippen molar-refractivity contribution in [3.05, 3.63) is 65.2 Å². The van der Waals surface area contributed by atoms with Gasteiger partial charge in [0.25, 0.3) is 0 Å². The molecular weight excluding hydrogens is 352 g/mol. The van der Waals surface area contributed by atoms with Crippen LogP contribution in [0.15, 0.2) is 48.5 Å². The lowest BCUT2D eigenvalue weighted by molar-refractivity contribution is -0.131. The van der Waals surface area contributed by atoms with E-state index in [1.54, 1.807) is 6.92 Å². The van der Waals surface area contributed by atoms with Gasteiger partial charge in [-0.05, 0) is 49.1 Å². The Bertz CT molecular complexity index is 830. The molecule has 0 bridgehead atoms. The first-order chi connectivity index (χ1) is 13.4. The van der Waals surface area contributed by atoms with E-state index in [2.05, 4.69) is 11.4 Å². The molecule has 3 rings (SSSR count). The highest BCUT2D eigenvalue weighted by Crippen LogP contribution is 2.29. The van der Waals surface area contributed by atoms with Gasteiger partial charge in [-0.3, -0.25) is 9.59 Å². The summed E-state index contributed by atoms with van der Waals surface area (Å²) in [5.41, 5.74) is 4.15. The third-order valence-electron chi connectivity index (χ3n) is 5.08. The lowest BCUT2D eigenvalue weighted by atomic mass is 9.95. The molecule has 2 amide bonds. The van der Waals surface area contributed by atoms with Crippen LogP contribution in [0, 0.1) is 0 Å². The van der Waals surface area contributed by atoms with Gasteiger partial charge in [-0.15, -0.1) is 0 Å². The lowest BCUT2D eigenvalue weighted by Crippen LogP contribution is -2.34. The van der Waals surface area contributed by atoms with E-state index >= 15 is 0 Å². The van der Waals surface area contributed by atoms with Crippen LogP contribution in [0.3, 0.4) is 0 Å². The number of fused-ring (bicyclic) bond motifs is 1. The van der Waals surface area contributed by atoms with E-state index in [-0.39, 0.29) is 24.0 Å². The van der Waals surface area contributed by atoms with Crippen molar-refractivity contribution in [3.8, 4) is 0 Å². The van der Waals surface area contributed by atoms with E-state index in [9.17, 15) is 9.59 Å². The van der Waals surface area contributed by atoms with Crippen molar-refractivity contribution in [1.82, 2.24) is 4.90 Å². The van der Waals surface area contributed by atoms with Gasteiger partial charge in [0.05, 0.1) is 19.1 Å². The number of carbonyl (C=O) groups is 2. The van der Waals surface area contributed by atoms with Crippen LogP contribution < -0.4 is 5.32 Å². The molecule has 148 valence electrons. The van der Waals surface area contributed by atoms with E-state index in [0.29, 0.717) is 19.6 Å². The monoisotopic (exact) mass is 380 g/mol. The molecule has 1 aliphatic heterocycles. The van der Waals surface area contributed by atoms with Crippen LogP contribution in [0.5, 0.6) is 0 Å². The predicted octanol–water partition coefficient (Wildman–Crippen LogP) is 4.09. The Kier molecular flexibility index (Phi) is 6.47. The van der Waals surface area contributed by atoms with Gasteiger partial charge in [0, 0.05) is 25.2 Å². The van der Waals surface area contributed by atoms with Gasteiger partial charge in [-0.1, -0.05) is 36.4 Å². The smallest absolute Gasteiger partial charge is 0.227 e. The quantitative estimate of drug-likeness (QED) is 0.821. The molecule has 2 aromatic carbocycles. The van der Waals surface area contributed by atoms with Crippen molar-refractivity contribution in [3.63, 3.8) is 0 Å². The second kappa shape index (κ2) is 9.02. The molecule has 0 fully saturated rings. The maximum absolute atomic E-state index is 12.5. The molecule has 5 heteroatoms. The average molecular weight is 380 g/mol. The zero-order chi connectivity index (χ0) is 20.1. The molecule has 0 aliphatic carbocycles. The van der Waals surface area contributed by atoms with Crippen molar-refractivity contribution in [2.24, 2.45) is 0 Å². The molecule has 1 unspecified atom stereocenters. The van der Waals surface area contributed by atoms with E-state index in [0.717, 1.165) is 23.2 Å². The number of benzene rings is 2. The minimum atomic E-state index is -0.195. The van der Waals surface area contributed by atoms with Crippen LogP contribution in [0.2, 0.25) is 0 Å². The standard InChI is InChI=1S/C23H28N2O3/c1-16(2)25(17(3)26)15-18-8-10-20(11-9-18)24-23(27)14-22-21-7-5-4-6-19(21)12-13-28-22/h4-11,16,22H,12-15H2,1-3H3,(H,24,27). The van der Waals surface area contributed by atoms with E-state index in [1.165, 1.54) is 5.56 Å². The lowest BCUT2D eigenvalue weighted by Gasteiger charge is -2.26. The summed E-state index contributed by atoms with van der Waals surface area (Å²) in [5.74, 6) is -0.0119. The van der Waals surface area contributed by atoms with Crippen LogP contribution in [0.1, 0.15) is 50.0 Å². The normalized spacial score (nSPS) is 15.8. The molecular formula is C23H28N2O3. The summed E-state index contributed by atoms with van der Waals surface area (Å²) in [6.07, 6.45) is 0.993. The van der Waals surface area contributed by atoms with Crippen LogP contribution in [0.25, 0.3) is 0 Å². The van der Waals surface area contributed by atoms with E-state index in [1.807, 2.05) is 61.2 Å². The molecule has 1 atom stereocenters. The number of rotatable bonds is 6. The van der Waals surface area contributed by atoms with Crippen molar-refractivity contribution in [2.45, 2.75) is 52.3 Å². The van der Waals surface area contributed by atoms with Gasteiger partial charge < -0.3 is 15.0 Å². The first kappa shape index (κ1) is 20.1. The van der Waals surface area contributed by atoms with Gasteiger partial charge in [0.2, 0.25) is 11.8 Å². The van der Waals surface area contributed by atoms with Gasteiger partial charge >= 0.3 is 0 Å². The SMILES string of the molecule is CC(=O)N(Cc1ccc(NC(=O)CC2OCCc3ccccc32)cc1)C(C)C. The maximum atomic E-state index is 12.5. The van der Waals surface area contributed by atoms with Gasteiger partial charge in [-0.2, -0.15) is 0 Å². The molecule has 0 saturated carbocycles. The molecule has 0 radical (unpaired) electrons. The largest absolute Gasteiger partial charge is 0.373 e. The molecule has 0 aromatic heterocycles. The predicted molar refractivity (Wildman–Crippen MR) is 110 cm³/mol.